The third-order valence-electron chi connectivity index (χ3n) is 2.60. The summed E-state index contributed by atoms with van der Waals surface area (Å²) in [7, 11) is 13.4. The zero-order valence-electron chi connectivity index (χ0n) is 11.2. The van der Waals surface area contributed by atoms with E-state index in [0.29, 0.717) is 0 Å². The second-order valence-electron chi connectivity index (χ2n) is 3.98. The third-order valence-corrected chi connectivity index (χ3v) is 2.60. The summed E-state index contributed by atoms with van der Waals surface area (Å²) >= 11 is 0. The minimum absolute atomic E-state index is 0.860. The molecular formula is C15H11Cl3CoN3. The summed E-state index contributed by atoms with van der Waals surface area (Å²) in [5, 5.41) is 0. The van der Waals surface area contributed by atoms with E-state index < -0.39 is 10.9 Å². The van der Waals surface area contributed by atoms with Crippen molar-refractivity contribution in [1.29, 1.82) is 0 Å². The van der Waals surface area contributed by atoms with Crippen LogP contribution < -0.4 is 0 Å². The molecule has 22 heavy (non-hydrogen) atoms. The van der Waals surface area contributed by atoms with Gasteiger partial charge in [-0.25, -0.2) is 4.98 Å². The molecule has 0 fully saturated rings. The Hall–Kier alpha value is -1.17. The zero-order valence-corrected chi connectivity index (χ0v) is 14.5. The summed E-state index contributed by atoms with van der Waals surface area (Å²) in [5.74, 6) is 0. The molecule has 0 aliphatic rings. The Bertz CT molecular complexity index is 639. The predicted molar refractivity (Wildman–Crippen MR) is 88.3 cm³/mol. The smallest absolute Gasteiger partial charge is 0.0894 e. The normalized spacial score (nSPS) is 10.4. The first-order chi connectivity index (χ1) is 10.7. The molecule has 0 aliphatic carbocycles. The van der Waals surface area contributed by atoms with Gasteiger partial charge in [0.2, 0.25) is 0 Å². The van der Waals surface area contributed by atoms with Gasteiger partial charge in [-0.05, 0) is 36.4 Å². The summed E-state index contributed by atoms with van der Waals surface area (Å²) in [5.41, 5.74) is 3.46. The Labute approximate surface area is 145 Å². The molecule has 0 saturated carbocycles. The fourth-order valence-corrected chi connectivity index (χ4v) is 1.75. The van der Waals surface area contributed by atoms with E-state index in [1.165, 1.54) is 0 Å². The fourth-order valence-electron chi connectivity index (χ4n) is 1.75. The van der Waals surface area contributed by atoms with Crippen molar-refractivity contribution in [3.8, 4) is 22.8 Å². The van der Waals surface area contributed by atoms with Crippen LogP contribution in [0.25, 0.3) is 22.8 Å². The summed E-state index contributed by atoms with van der Waals surface area (Å²) in [6.45, 7) is 0. The fraction of sp³-hybridized carbons (Fsp3) is 0. The van der Waals surface area contributed by atoms with Gasteiger partial charge in [0, 0.05) is 12.4 Å². The van der Waals surface area contributed by atoms with Crippen molar-refractivity contribution in [2.75, 3.05) is 0 Å². The number of pyridine rings is 3. The Morgan fingerprint density at radius 2 is 1.00 bits per heavy atom. The first kappa shape index (κ1) is 17.2. The molecule has 0 amide bonds. The van der Waals surface area contributed by atoms with E-state index in [9.17, 15) is 0 Å². The first-order valence-corrected chi connectivity index (χ1v) is 10.4. The van der Waals surface area contributed by atoms with Crippen LogP contribution in [0.4, 0.5) is 0 Å². The number of halogens is 3. The van der Waals surface area contributed by atoms with Crippen molar-refractivity contribution < 1.29 is 10.9 Å². The second-order valence-corrected chi connectivity index (χ2v) is 9.14. The second kappa shape index (κ2) is 9.08. The zero-order chi connectivity index (χ0) is 15.8. The summed E-state index contributed by atoms with van der Waals surface area (Å²) in [4.78, 5) is 13.2. The van der Waals surface area contributed by atoms with Crippen molar-refractivity contribution in [2.45, 2.75) is 0 Å². The van der Waals surface area contributed by atoms with E-state index in [4.69, 9.17) is 30.4 Å². The van der Waals surface area contributed by atoms with Gasteiger partial charge in [0.25, 0.3) is 0 Å². The van der Waals surface area contributed by atoms with Crippen molar-refractivity contribution in [3.63, 3.8) is 0 Å². The molecule has 0 aliphatic heterocycles. The minimum atomic E-state index is -1.19. The van der Waals surface area contributed by atoms with Crippen LogP contribution in [0.15, 0.2) is 67.0 Å². The number of nitrogens with zero attached hydrogens (tertiary/aromatic N) is 3. The van der Waals surface area contributed by atoms with E-state index in [2.05, 4.69) is 15.0 Å². The van der Waals surface area contributed by atoms with Gasteiger partial charge >= 0.3 is 41.4 Å². The van der Waals surface area contributed by atoms with Crippen LogP contribution in [-0.4, -0.2) is 15.0 Å². The molecule has 0 N–H and O–H groups in total. The summed E-state index contributed by atoms with van der Waals surface area (Å²) < 4.78 is 0. The Kier molecular flexibility index (Phi) is 7.09. The van der Waals surface area contributed by atoms with Crippen LogP contribution in [0.2, 0.25) is 0 Å². The number of rotatable bonds is 2. The van der Waals surface area contributed by atoms with Gasteiger partial charge in [0.05, 0.1) is 22.8 Å². The summed E-state index contributed by atoms with van der Waals surface area (Å²) in [6, 6.07) is 17.5. The van der Waals surface area contributed by atoms with Crippen molar-refractivity contribution >= 4 is 30.4 Å². The molecule has 0 atom stereocenters. The molecule has 7 heteroatoms. The van der Waals surface area contributed by atoms with Gasteiger partial charge < -0.3 is 0 Å². The van der Waals surface area contributed by atoms with Crippen LogP contribution in [0.5, 0.6) is 0 Å². The van der Waals surface area contributed by atoms with Gasteiger partial charge in [-0.15, -0.1) is 0 Å². The van der Waals surface area contributed by atoms with Gasteiger partial charge in [-0.2, -0.15) is 0 Å². The molecule has 0 unspecified atom stereocenters. The average Bonchev–Trinajstić information content (AvgIpc) is 2.56. The Morgan fingerprint density at radius 3 is 1.36 bits per heavy atom. The third kappa shape index (κ3) is 5.55. The van der Waals surface area contributed by atoms with Crippen LogP contribution in [0, 0.1) is 0 Å². The van der Waals surface area contributed by atoms with Crippen LogP contribution >= 0.6 is 30.4 Å². The maximum Gasteiger partial charge on any atom is 0.0894 e. The minimum Gasteiger partial charge on any atom is -0.255 e. The molecule has 3 nitrogen and oxygen atoms in total. The predicted octanol–water partition coefficient (Wildman–Crippen LogP) is 5.27. The molecule has 3 aromatic rings. The standard InChI is InChI=1S/C15H11N3.3ClH.Co/c1-3-10-16-12(6-1)14-8-5-9-15(18-14)13-7-2-4-11-17-13;;;;/h1-11H;3*1H;/q;;;;+3/p-3. The number of aromatic nitrogens is 3. The quantitative estimate of drug-likeness (QED) is 0.590. The number of hydrogen-bond acceptors (Lipinski definition) is 3. The molecule has 0 spiro atoms. The molecule has 3 rings (SSSR count). The summed E-state index contributed by atoms with van der Waals surface area (Å²) in [6.07, 6.45) is 3.54. The van der Waals surface area contributed by atoms with E-state index in [-0.39, 0.29) is 0 Å². The molecule has 0 saturated heterocycles. The monoisotopic (exact) mass is 397 g/mol. The van der Waals surface area contributed by atoms with Crippen LogP contribution in [-0.2, 0) is 10.9 Å². The molecule has 3 heterocycles. The van der Waals surface area contributed by atoms with E-state index in [1.807, 2.05) is 54.6 Å². The van der Waals surface area contributed by atoms with Gasteiger partial charge in [0.15, 0.2) is 0 Å². The topological polar surface area (TPSA) is 38.7 Å². The van der Waals surface area contributed by atoms with Crippen molar-refractivity contribution in [1.82, 2.24) is 15.0 Å². The van der Waals surface area contributed by atoms with Crippen molar-refractivity contribution in [3.05, 3.63) is 67.0 Å². The SMILES string of the molecule is [Cl][Co]([Cl])[Cl].c1ccc(-c2cccc(-c3ccccn3)n2)nc1. The van der Waals surface area contributed by atoms with Crippen LogP contribution in [0.1, 0.15) is 0 Å². The Balaban J connectivity index is 0.000000396. The van der Waals surface area contributed by atoms with Gasteiger partial charge in [-0.3, -0.25) is 9.97 Å². The Morgan fingerprint density at radius 1 is 0.591 bits per heavy atom. The molecule has 0 radical (unpaired) electrons. The van der Waals surface area contributed by atoms with Crippen LogP contribution in [0.3, 0.4) is 0 Å². The maximum absolute atomic E-state index is 4.87. The van der Waals surface area contributed by atoms with E-state index in [1.54, 1.807) is 12.4 Å². The average molecular weight is 399 g/mol. The van der Waals surface area contributed by atoms with Gasteiger partial charge in [0.1, 0.15) is 0 Å². The molecule has 0 bridgehead atoms. The van der Waals surface area contributed by atoms with Gasteiger partial charge in [-0.1, -0.05) is 18.2 Å². The van der Waals surface area contributed by atoms with E-state index in [0.717, 1.165) is 22.8 Å². The molecule has 0 aromatic carbocycles. The first-order valence-electron chi connectivity index (χ1n) is 6.11. The molecule has 3 aromatic heterocycles. The number of hydrogen-bond donors (Lipinski definition) is 0. The largest absolute Gasteiger partial charge is 0.255 e. The molecule has 116 valence electrons. The molecular weight excluding hydrogens is 387 g/mol. The maximum atomic E-state index is 4.87. The van der Waals surface area contributed by atoms with E-state index >= 15 is 0 Å². The van der Waals surface area contributed by atoms with Crippen molar-refractivity contribution in [2.24, 2.45) is 0 Å².